The number of furan rings is 1. The Balaban J connectivity index is 2.70. The first-order chi connectivity index (χ1) is 8.04. The Kier molecular flexibility index (Phi) is 4.72. The second-order valence-corrected chi connectivity index (χ2v) is 4.31. The zero-order chi connectivity index (χ0) is 12.9. The van der Waals surface area contributed by atoms with E-state index in [4.69, 9.17) is 15.3 Å². The number of aliphatic hydroxyl groups is 1. The van der Waals surface area contributed by atoms with Gasteiger partial charge in [-0.25, -0.2) is 0 Å². The Morgan fingerprint density at radius 2 is 2.29 bits per heavy atom. The molecule has 0 bridgehead atoms. The number of rotatable bonds is 6. The van der Waals surface area contributed by atoms with Gasteiger partial charge in [-0.1, -0.05) is 6.92 Å². The highest BCUT2D eigenvalue weighted by molar-refractivity contribution is 5.92. The number of aliphatic hydroxyl groups excluding tert-OH is 1. The lowest BCUT2D eigenvalue weighted by molar-refractivity contribution is 0.0856. The van der Waals surface area contributed by atoms with E-state index < -0.39 is 5.54 Å². The third kappa shape index (κ3) is 3.57. The molecule has 1 unspecified atom stereocenters. The average molecular weight is 240 g/mol. The summed E-state index contributed by atoms with van der Waals surface area (Å²) in [7, 11) is 0. The summed E-state index contributed by atoms with van der Waals surface area (Å²) in [6, 6.07) is 3.29. The normalized spacial score (nSPS) is 14.4. The van der Waals surface area contributed by atoms with Crippen molar-refractivity contribution in [3.63, 3.8) is 0 Å². The van der Waals surface area contributed by atoms with Gasteiger partial charge in [-0.2, -0.15) is 0 Å². The Morgan fingerprint density at radius 1 is 1.59 bits per heavy atom. The van der Waals surface area contributed by atoms with Crippen molar-refractivity contribution in [3.05, 3.63) is 23.7 Å². The molecule has 1 aromatic rings. The molecule has 4 N–H and O–H groups in total. The number of carbonyl (C=O) groups excluding carboxylic acids is 1. The predicted molar refractivity (Wildman–Crippen MR) is 64.5 cm³/mol. The van der Waals surface area contributed by atoms with Crippen LogP contribution in [-0.4, -0.2) is 23.2 Å². The van der Waals surface area contributed by atoms with E-state index in [2.05, 4.69) is 5.32 Å². The maximum atomic E-state index is 11.9. The van der Waals surface area contributed by atoms with E-state index in [9.17, 15) is 4.79 Å². The first-order valence-electron chi connectivity index (χ1n) is 5.77. The van der Waals surface area contributed by atoms with E-state index >= 15 is 0 Å². The molecule has 0 aliphatic heterocycles. The van der Waals surface area contributed by atoms with Gasteiger partial charge in [0.2, 0.25) is 0 Å². The van der Waals surface area contributed by atoms with Gasteiger partial charge in [0.05, 0.1) is 6.54 Å². The first-order valence-corrected chi connectivity index (χ1v) is 5.77. The van der Waals surface area contributed by atoms with Crippen LogP contribution in [0.15, 0.2) is 16.5 Å². The Labute approximate surface area is 101 Å². The lowest BCUT2D eigenvalue weighted by Gasteiger charge is -2.28. The largest absolute Gasteiger partial charge is 0.455 e. The average Bonchev–Trinajstić information content (AvgIpc) is 2.78. The summed E-state index contributed by atoms with van der Waals surface area (Å²) in [5.74, 6) is 0.557. The van der Waals surface area contributed by atoms with Crippen LogP contribution in [0.25, 0.3) is 0 Å². The molecule has 1 amide bonds. The first kappa shape index (κ1) is 13.7. The van der Waals surface area contributed by atoms with Crippen molar-refractivity contribution in [1.82, 2.24) is 5.32 Å². The fourth-order valence-corrected chi connectivity index (χ4v) is 1.52. The third-order valence-electron chi connectivity index (χ3n) is 2.95. The van der Waals surface area contributed by atoms with Crippen LogP contribution in [-0.2, 0) is 6.54 Å². The van der Waals surface area contributed by atoms with Crippen molar-refractivity contribution in [1.29, 1.82) is 0 Å². The van der Waals surface area contributed by atoms with E-state index in [0.29, 0.717) is 12.2 Å². The molecule has 0 saturated heterocycles. The summed E-state index contributed by atoms with van der Waals surface area (Å²) < 4.78 is 5.26. The summed E-state index contributed by atoms with van der Waals surface area (Å²) in [6.07, 6.45) is 1.25. The third-order valence-corrected chi connectivity index (χ3v) is 2.95. The molecule has 5 nitrogen and oxygen atoms in total. The standard InChI is InChI=1S/C12H20N2O3/c1-3-12(2,6-7-15)14-11(16)10-5-4-9(8-13)17-10/h4-5,15H,3,6-8,13H2,1-2H3,(H,14,16). The van der Waals surface area contributed by atoms with Crippen LogP contribution in [0.2, 0.25) is 0 Å². The minimum atomic E-state index is -0.415. The lowest BCUT2D eigenvalue weighted by Crippen LogP contribution is -2.46. The Hall–Kier alpha value is -1.33. The topological polar surface area (TPSA) is 88.5 Å². The minimum absolute atomic E-state index is 0.0385. The van der Waals surface area contributed by atoms with Crippen molar-refractivity contribution in [2.75, 3.05) is 6.61 Å². The zero-order valence-corrected chi connectivity index (χ0v) is 10.3. The molecule has 17 heavy (non-hydrogen) atoms. The second-order valence-electron chi connectivity index (χ2n) is 4.31. The fourth-order valence-electron chi connectivity index (χ4n) is 1.52. The minimum Gasteiger partial charge on any atom is -0.455 e. The number of hydrogen-bond acceptors (Lipinski definition) is 4. The second kappa shape index (κ2) is 5.84. The van der Waals surface area contributed by atoms with Crippen molar-refractivity contribution in [2.24, 2.45) is 5.73 Å². The number of amides is 1. The predicted octanol–water partition coefficient (Wildman–Crippen LogP) is 1.02. The molecule has 96 valence electrons. The lowest BCUT2D eigenvalue weighted by atomic mass is 9.95. The van der Waals surface area contributed by atoms with Gasteiger partial charge >= 0.3 is 0 Å². The maximum absolute atomic E-state index is 11.9. The molecule has 0 spiro atoms. The molecule has 0 radical (unpaired) electrons. The van der Waals surface area contributed by atoms with Crippen LogP contribution in [0, 0.1) is 0 Å². The highest BCUT2D eigenvalue weighted by Crippen LogP contribution is 2.16. The number of nitrogens with two attached hydrogens (primary N) is 1. The van der Waals surface area contributed by atoms with Crippen LogP contribution >= 0.6 is 0 Å². The van der Waals surface area contributed by atoms with Crippen LogP contribution in [0.4, 0.5) is 0 Å². The SMILES string of the molecule is CCC(C)(CCO)NC(=O)c1ccc(CN)o1. The van der Waals surface area contributed by atoms with Crippen molar-refractivity contribution < 1.29 is 14.3 Å². The number of hydrogen-bond donors (Lipinski definition) is 3. The van der Waals surface area contributed by atoms with Crippen molar-refractivity contribution >= 4 is 5.91 Å². The zero-order valence-electron chi connectivity index (χ0n) is 10.3. The number of carbonyl (C=O) groups is 1. The van der Waals surface area contributed by atoms with E-state index in [0.717, 1.165) is 6.42 Å². The molecule has 5 heteroatoms. The summed E-state index contributed by atoms with van der Waals surface area (Å²) in [5.41, 5.74) is 4.99. The van der Waals surface area contributed by atoms with Gasteiger partial charge in [0.1, 0.15) is 5.76 Å². The van der Waals surface area contributed by atoms with Crippen molar-refractivity contribution in [3.8, 4) is 0 Å². The van der Waals surface area contributed by atoms with E-state index in [1.54, 1.807) is 12.1 Å². The summed E-state index contributed by atoms with van der Waals surface area (Å²) in [5, 5.41) is 11.8. The fraction of sp³-hybridized carbons (Fsp3) is 0.583. The van der Waals surface area contributed by atoms with Gasteiger partial charge in [-0.05, 0) is 31.9 Å². The van der Waals surface area contributed by atoms with Crippen LogP contribution in [0.1, 0.15) is 43.0 Å². The van der Waals surface area contributed by atoms with Crippen LogP contribution < -0.4 is 11.1 Å². The van der Waals surface area contributed by atoms with Gasteiger partial charge in [-0.3, -0.25) is 4.79 Å². The molecular formula is C12H20N2O3. The maximum Gasteiger partial charge on any atom is 0.287 e. The molecule has 1 rings (SSSR count). The van der Waals surface area contributed by atoms with Crippen LogP contribution in [0.3, 0.4) is 0 Å². The molecule has 1 aromatic heterocycles. The molecule has 0 aliphatic rings. The van der Waals surface area contributed by atoms with E-state index in [-0.39, 0.29) is 24.8 Å². The molecule has 1 atom stereocenters. The van der Waals surface area contributed by atoms with Gasteiger partial charge in [0.15, 0.2) is 5.76 Å². The summed E-state index contributed by atoms with van der Waals surface area (Å²) in [6.45, 7) is 4.17. The Morgan fingerprint density at radius 3 is 2.76 bits per heavy atom. The molecule has 0 saturated carbocycles. The highest BCUT2D eigenvalue weighted by Gasteiger charge is 2.25. The molecule has 0 aliphatic carbocycles. The van der Waals surface area contributed by atoms with E-state index in [1.165, 1.54) is 0 Å². The van der Waals surface area contributed by atoms with E-state index in [1.807, 2.05) is 13.8 Å². The monoisotopic (exact) mass is 240 g/mol. The van der Waals surface area contributed by atoms with Gasteiger partial charge in [0, 0.05) is 12.1 Å². The molecular weight excluding hydrogens is 220 g/mol. The smallest absolute Gasteiger partial charge is 0.287 e. The summed E-state index contributed by atoms with van der Waals surface area (Å²) in [4.78, 5) is 11.9. The molecule has 0 fully saturated rings. The van der Waals surface area contributed by atoms with Gasteiger partial charge in [0.25, 0.3) is 5.91 Å². The van der Waals surface area contributed by atoms with Gasteiger partial charge < -0.3 is 20.6 Å². The summed E-state index contributed by atoms with van der Waals surface area (Å²) >= 11 is 0. The molecule has 1 heterocycles. The highest BCUT2D eigenvalue weighted by atomic mass is 16.4. The van der Waals surface area contributed by atoms with Crippen LogP contribution in [0.5, 0.6) is 0 Å². The van der Waals surface area contributed by atoms with Gasteiger partial charge in [-0.15, -0.1) is 0 Å². The Bertz CT molecular complexity index is 376. The molecule has 0 aromatic carbocycles. The quantitative estimate of drug-likeness (QED) is 0.692. The van der Waals surface area contributed by atoms with Crippen molar-refractivity contribution in [2.45, 2.75) is 38.8 Å². The number of nitrogens with one attached hydrogen (secondary N) is 1.